The number of para-hydroxylation sites is 1. The first-order valence-electron chi connectivity index (χ1n) is 9.11. The summed E-state index contributed by atoms with van der Waals surface area (Å²) in [6, 6.07) is 11.7. The predicted molar refractivity (Wildman–Crippen MR) is 106 cm³/mol. The number of amides is 1. The van der Waals surface area contributed by atoms with Crippen molar-refractivity contribution in [3.05, 3.63) is 69.3 Å². The van der Waals surface area contributed by atoms with Crippen LogP contribution in [0.3, 0.4) is 0 Å². The fourth-order valence-electron chi connectivity index (χ4n) is 2.81. The highest BCUT2D eigenvalue weighted by Crippen LogP contribution is 2.27. The van der Waals surface area contributed by atoms with Crippen molar-refractivity contribution >= 4 is 23.3 Å². The number of hydrogen-bond acceptors (Lipinski definition) is 5. The van der Waals surface area contributed by atoms with Crippen molar-refractivity contribution in [1.29, 1.82) is 0 Å². The van der Waals surface area contributed by atoms with Crippen molar-refractivity contribution in [2.24, 2.45) is 0 Å². The van der Waals surface area contributed by atoms with Gasteiger partial charge in [-0.25, -0.2) is 4.79 Å². The summed E-state index contributed by atoms with van der Waals surface area (Å²) in [4.78, 5) is 35.4. The van der Waals surface area contributed by atoms with E-state index in [1.54, 1.807) is 6.07 Å². The van der Waals surface area contributed by atoms with Gasteiger partial charge in [0.05, 0.1) is 10.5 Å². The van der Waals surface area contributed by atoms with Gasteiger partial charge in [-0.1, -0.05) is 38.1 Å². The minimum Gasteiger partial charge on any atom is -0.449 e. The summed E-state index contributed by atoms with van der Waals surface area (Å²) < 4.78 is 5.24. The average Bonchev–Trinajstić information content (AvgIpc) is 2.67. The quantitative estimate of drug-likeness (QED) is 0.427. The van der Waals surface area contributed by atoms with Crippen molar-refractivity contribution in [1.82, 2.24) is 0 Å². The number of esters is 1. The van der Waals surface area contributed by atoms with E-state index in [1.165, 1.54) is 32.0 Å². The molecule has 2 aromatic rings. The molecule has 2 aromatic carbocycles. The number of hydrogen-bond donors (Lipinski definition) is 1. The van der Waals surface area contributed by atoms with Crippen LogP contribution in [0.15, 0.2) is 42.5 Å². The van der Waals surface area contributed by atoms with Crippen molar-refractivity contribution in [3.8, 4) is 0 Å². The van der Waals surface area contributed by atoms with Crippen LogP contribution in [0.1, 0.15) is 54.6 Å². The number of nitro groups is 1. The molecule has 0 aliphatic carbocycles. The maximum Gasteiger partial charge on any atom is 0.339 e. The van der Waals surface area contributed by atoms with E-state index in [1.807, 2.05) is 18.2 Å². The van der Waals surface area contributed by atoms with Gasteiger partial charge in [-0.05, 0) is 43.9 Å². The highest BCUT2D eigenvalue weighted by Gasteiger charge is 2.24. The zero-order chi connectivity index (χ0) is 20.8. The zero-order valence-corrected chi connectivity index (χ0v) is 16.4. The molecule has 2 rings (SSSR count). The molecule has 28 heavy (non-hydrogen) atoms. The van der Waals surface area contributed by atoms with Crippen LogP contribution in [0.4, 0.5) is 11.4 Å². The molecule has 0 aliphatic rings. The van der Waals surface area contributed by atoms with Crippen LogP contribution in [0, 0.1) is 17.0 Å². The van der Waals surface area contributed by atoms with E-state index >= 15 is 0 Å². The van der Waals surface area contributed by atoms with Gasteiger partial charge in [0, 0.05) is 17.3 Å². The van der Waals surface area contributed by atoms with Gasteiger partial charge in [0.25, 0.3) is 11.6 Å². The number of nitro benzene ring substituents is 1. The Morgan fingerprint density at radius 2 is 1.82 bits per heavy atom. The van der Waals surface area contributed by atoms with Crippen LogP contribution < -0.4 is 5.32 Å². The molecule has 7 heteroatoms. The number of nitrogens with one attached hydrogen (secondary N) is 1. The third kappa shape index (κ3) is 4.73. The van der Waals surface area contributed by atoms with Crippen molar-refractivity contribution in [2.75, 3.05) is 5.32 Å². The van der Waals surface area contributed by atoms with Crippen LogP contribution in [0.2, 0.25) is 0 Å². The lowest BCUT2D eigenvalue weighted by molar-refractivity contribution is -0.385. The molecule has 0 aliphatic heterocycles. The number of anilines is 1. The summed E-state index contributed by atoms with van der Waals surface area (Å²) in [5.74, 6) is -0.979. The zero-order valence-electron chi connectivity index (χ0n) is 16.4. The summed E-state index contributed by atoms with van der Waals surface area (Å²) in [6.45, 7) is 7.07. The van der Waals surface area contributed by atoms with E-state index in [0.717, 1.165) is 12.0 Å². The van der Waals surface area contributed by atoms with Gasteiger partial charge in [0.15, 0.2) is 6.10 Å². The average molecular weight is 384 g/mol. The lowest BCUT2D eigenvalue weighted by Crippen LogP contribution is -2.30. The highest BCUT2D eigenvalue weighted by molar-refractivity contribution is 5.98. The van der Waals surface area contributed by atoms with E-state index in [0.29, 0.717) is 5.69 Å². The van der Waals surface area contributed by atoms with E-state index in [9.17, 15) is 19.7 Å². The standard InChI is InChI=1S/C21H24N2O5/c1-5-13(2)16-9-6-7-11-18(16)22-20(24)15(4)28-21(25)17-10-8-12-19(14(17)3)23(26)27/h6-13,15H,5H2,1-4H3,(H,22,24)/t13-,15+/m0/s1. The fraction of sp³-hybridized carbons (Fsp3) is 0.333. The topological polar surface area (TPSA) is 98.5 Å². The molecule has 2 atom stereocenters. The molecule has 1 amide bonds. The molecule has 0 radical (unpaired) electrons. The van der Waals surface area contributed by atoms with E-state index in [2.05, 4.69) is 19.2 Å². The Morgan fingerprint density at radius 1 is 1.14 bits per heavy atom. The van der Waals surface area contributed by atoms with Gasteiger partial charge in [0.2, 0.25) is 0 Å². The van der Waals surface area contributed by atoms with Crippen molar-refractivity contribution in [2.45, 2.75) is 46.1 Å². The highest BCUT2D eigenvalue weighted by atomic mass is 16.6. The number of benzene rings is 2. The minimum atomic E-state index is -1.06. The summed E-state index contributed by atoms with van der Waals surface area (Å²) in [5, 5.41) is 13.8. The fourth-order valence-corrected chi connectivity index (χ4v) is 2.81. The lowest BCUT2D eigenvalue weighted by Gasteiger charge is -2.18. The van der Waals surface area contributed by atoms with Crippen LogP contribution in [-0.4, -0.2) is 22.9 Å². The molecule has 0 spiro atoms. The molecule has 0 aromatic heterocycles. The van der Waals surface area contributed by atoms with Crippen LogP contribution in [-0.2, 0) is 9.53 Å². The van der Waals surface area contributed by atoms with Gasteiger partial charge in [-0.15, -0.1) is 0 Å². The van der Waals surface area contributed by atoms with Crippen LogP contribution in [0.25, 0.3) is 0 Å². The lowest BCUT2D eigenvalue weighted by atomic mass is 9.97. The first-order chi connectivity index (χ1) is 13.3. The third-order valence-electron chi connectivity index (χ3n) is 4.74. The number of carbonyl (C=O) groups is 2. The molecule has 0 bridgehead atoms. The smallest absolute Gasteiger partial charge is 0.339 e. The molecule has 0 fully saturated rings. The Morgan fingerprint density at radius 3 is 2.46 bits per heavy atom. The second kappa shape index (κ2) is 9.12. The molecule has 0 saturated heterocycles. The number of nitrogens with zero attached hydrogens (tertiary/aromatic N) is 1. The first kappa shape index (κ1) is 21.1. The van der Waals surface area contributed by atoms with Gasteiger partial charge >= 0.3 is 5.97 Å². The van der Waals surface area contributed by atoms with E-state index in [4.69, 9.17) is 4.74 Å². The Hall–Kier alpha value is -3.22. The molecule has 0 unspecified atom stereocenters. The molecular formula is C21H24N2O5. The third-order valence-corrected chi connectivity index (χ3v) is 4.74. The van der Waals surface area contributed by atoms with Gasteiger partial charge in [-0.3, -0.25) is 14.9 Å². The van der Waals surface area contributed by atoms with Gasteiger partial charge in [-0.2, -0.15) is 0 Å². The summed E-state index contributed by atoms with van der Waals surface area (Å²) in [5.41, 5.74) is 1.78. The van der Waals surface area contributed by atoms with Gasteiger partial charge in [0.1, 0.15) is 0 Å². The Labute approximate surface area is 163 Å². The van der Waals surface area contributed by atoms with E-state index in [-0.39, 0.29) is 22.7 Å². The second-order valence-corrected chi connectivity index (χ2v) is 6.64. The molecule has 0 saturated carbocycles. The van der Waals surface area contributed by atoms with Crippen molar-refractivity contribution in [3.63, 3.8) is 0 Å². The Bertz CT molecular complexity index is 894. The van der Waals surface area contributed by atoms with Crippen LogP contribution in [0.5, 0.6) is 0 Å². The molecule has 0 heterocycles. The molecule has 7 nitrogen and oxygen atoms in total. The second-order valence-electron chi connectivity index (χ2n) is 6.64. The monoisotopic (exact) mass is 384 g/mol. The summed E-state index contributed by atoms with van der Waals surface area (Å²) >= 11 is 0. The largest absolute Gasteiger partial charge is 0.449 e. The maximum absolute atomic E-state index is 12.5. The first-order valence-corrected chi connectivity index (χ1v) is 9.11. The van der Waals surface area contributed by atoms with Crippen LogP contribution >= 0.6 is 0 Å². The number of carbonyl (C=O) groups excluding carboxylic acids is 2. The Kier molecular flexibility index (Phi) is 6.87. The normalized spacial score (nSPS) is 12.7. The SMILES string of the molecule is CC[C@H](C)c1ccccc1NC(=O)[C@@H](C)OC(=O)c1cccc([N+](=O)[O-])c1C. The number of ether oxygens (including phenoxy) is 1. The Balaban J connectivity index is 2.13. The maximum atomic E-state index is 12.5. The molecular weight excluding hydrogens is 360 g/mol. The van der Waals surface area contributed by atoms with Gasteiger partial charge < -0.3 is 10.1 Å². The predicted octanol–water partition coefficient (Wildman–Crippen LogP) is 4.60. The number of rotatable bonds is 7. The minimum absolute atomic E-state index is 0.0638. The molecule has 148 valence electrons. The molecule has 1 N–H and O–H groups in total. The summed E-state index contributed by atoms with van der Waals surface area (Å²) in [7, 11) is 0. The van der Waals surface area contributed by atoms with Crippen molar-refractivity contribution < 1.29 is 19.2 Å². The summed E-state index contributed by atoms with van der Waals surface area (Å²) in [6.07, 6.45) is -0.139. The van der Waals surface area contributed by atoms with E-state index < -0.39 is 22.9 Å².